The Morgan fingerprint density at radius 2 is 1.72 bits per heavy atom. The molecule has 2 aromatic carbocycles. The third-order valence-corrected chi connectivity index (χ3v) is 5.50. The number of methoxy groups -OCH3 is 1. The molecule has 1 unspecified atom stereocenters. The molecular weight excluding hydrogens is 366 g/mol. The van der Waals surface area contributed by atoms with E-state index in [2.05, 4.69) is 15.5 Å². The van der Waals surface area contributed by atoms with E-state index in [1.165, 1.54) is 0 Å². The Bertz CT molecular complexity index is 817. The summed E-state index contributed by atoms with van der Waals surface area (Å²) in [6, 6.07) is 17.1. The summed E-state index contributed by atoms with van der Waals surface area (Å²) >= 11 is 0. The lowest BCUT2D eigenvalue weighted by atomic mass is 9.94. The summed E-state index contributed by atoms with van der Waals surface area (Å²) in [5.41, 5.74) is 1.77. The molecule has 2 amide bonds. The van der Waals surface area contributed by atoms with E-state index in [0.29, 0.717) is 18.0 Å². The molecule has 1 atom stereocenters. The summed E-state index contributed by atoms with van der Waals surface area (Å²) in [6.45, 7) is 3.91. The summed E-state index contributed by atoms with van der Waals surface area (Å²) in [5.74, 6) is 0.624. The largest absolute Gasteiger partial charge is 0.495 e. The van der Waals surface area contributed by atoms with E-state index in [4.69, 9.17) is 4.74 Å². The van der Waals surface area contributed by atoms with Crippen molar-refractivity contribution in [3.63, 3.8) is 0 Å². The first-order chi connectivity index (χ1) is 14.1. The number of hydrogen-bond acceptors (Lipinski definition) is 4. The Morgan fingerprint density at radius 1 is 1.07 bits per heavy atom. The number of nitrogens with one attached hydrogen (secondary N) is 2. The zero-order valence-electron chi connectivity index (χ0n) is 17.1. The van der Waals surface area contributed by atoms with Gasteiger partial charge in [0.2, 0.25) is 11.8 Å². The van der Waals surface area contributed by atoms with Gasteiger partial charge in [0.25, 0.3) is 0 Å². The monoisotopic (exact) mass is 395 g/mol. The molecular formula is C23H29N3O3. The molecule has 1 fully saturated rings. The van der Waals surface area contributed by atoms with Gasteiger partial charge in [-0.3, -0.25) is 14.5 Å². The van der Waals surface area contributed by atoms with Crippen molar-refractivity contribution in [2.45, 2.75) is 32.4 Å². The Morgan fingerprint density at radius 3 is 2.41 bits per heavy atom. The molecule has 6 heteroatoms. The molecule has 1 aliphatic rings. The van der Waals surface area contributed by atoms with Gasteiger partial charge < -0.3 is 15.4 Å². The lowest BCUT2D eigenvalue weighted by Gasteiger charge is -2.34. The highest BCUT2D eigenvalue weighted by Crippen LogP contribution is 2.26. The molecule has 0 radical (unpaired) electrons. The molecule has 1 aliphatic heterocycles. The predicted molar refractivity (Wildman–Crippen MR) is 114 cm³/mol. The fraction of sp³-hybridized carbons (Fsp3) is 0.391. The number of ether oxygens (including phenoxy) is 1. The highest BCUT2D eigenvalue weighted by Gasteiger charge is 2.30. The lowest BCUT2D eigenvalue weighted by Crippen LogP contribution is -2.49. The topological polar surface area (TPSA) is 70.7 Å². The van der Waals surface area contributed by atoms with Crippen molar-refractivity contribution in [1.29, 1.82) is 0 Å². The second-order valence-electron chi connectivity index (χ2n) is 7.38. The number of benzene rings is 2. The first kappa shape index (κ1) is 20.9. The smallest absolute Gasteiger partial charge is 0.237 e. The number of carbonyl (C=O) groups is 2. The first-order valence-electron chi connectivity index (χ1n) is 10.1. The van der Waals surface area contributed by atoms with Gasteiger partial charge in [-0.1, -0.05) is 42.5 Å². The minimum Gasteiger partial charge on any atom is -0.495 e. The van der Waals surface area contributed by atoms with E-state index in [-0.39, 0.29) is 23.8 Å². The second kappa shape index (κ2) is 10.1. The van der Waals surface area contributed by atoms with Crippen LogP contribution in [0.25, 0.3) is 0 Å². The van der Waals surface area contributed by atoms with E-state index in [1.54, 1.807) is 7.11 Å². The molecule has 1 heterocycles. The number of para-hydroxylation sites is 2. The van der Waals surface area contributed by atoms with Crippen LogP contribution in [-0.2, 0) is 16.1 Å². The van der Waals surface area contributed by atoms with Crippen LogP contribution in [0.4, 0.5) is 5.69 Å². The molecule has 0 spiro atoms. The van der Waals surface area contributed by atoms with Gasteiger partial charge in [0.15, 0.2) is 0 Å². The van der Waals surface area contributed by atoms with Crippen molar-refractivity contribution in [2.75, 3.05) is 25.5 Å². The maximum Gasteiger partial charge on any atom is 0.237 e. The second-order valence-corrected chi connectivity index (χ2v) is 7.38. The van der Waals surface area contributed by atoms with Gasteiger partial charge >= 0.3 is 0 Å². The molecule has 3 rings (SSSR count). The number of hydrogen-bond donors (Lipinski definition) is 2. The maximum absolute atomic E-state index is 12.6. The molecule has 0 aromatic heterocycles. The van der Waals surface area contributed by atoms with Crippen molar-refractivity contribution in [3.05, 3.63) is 60.2 Å². The van der Waals surface area contributed by atoms with Gasteiger partial charge in [-0.2, -0.15) is 0 Å². The summed E-state index contributed by atoms with van der Waals surface area (Å²) in [4.78, 5) is 27.3. The van der Waals surface area contributed by atoms with E-state index in [9.17, 15) is 9.59 Å². The maximum atomic E-state index is 12.6. The van der Waals surface area contributed by atoms with E-state index in [0.717, 1.165) is 31.5 Å². The van der Waals surface area contributed by atoms with Crippen LogP contribution < -0.4 is 15.4 Å². The zero-order valence-corrected chi connectivity index (χ0v) is 17.1. The van der Waals surface area contributed by atoms with Crippen molar-refractivity contribution in [2.24, 2.45) is 5.92 Å². The third-order valence-electron chi connectivity index (χ3n) is 5.50. The quantitative estimate of drug-likeness (QED) is 0.756. The van der Waals surface area contributed by atoms with E-state index >= 15 is 0 Å². The van der Waals surface area contributed by atoms with Gasteiger partial charge in [0.1, 0.15) is 5.75 Å². The van der Waals surface area contributed by atoms with Crippen molar-refractivity contribution < 1.29 is 14.3 Å². The van der Waals surface area contributed by atoms with Crippen LogP contribution in [0.5, 0.6) is 5.75 Å². The number of carbonyl (C=O) groups excluding carboxylic acids is 2. The first-order valence-corrected chi connectivity index (χ1v) is 10.1. The van der Waals surface area contributed by atoms with Gasteiger partial charge in [-0.25, -0.2) is 0 Å². The lowest BCUT2D eigenvalue weighted by molar-refractivity contribution is -0.127. The molecule has 2 N–H and O–H groups in total. The molecule has 2 aromatic rings. The van der Waals surface area contributed by atoms with Crippen LogP contribution >= 0.6 is 0 Å². The Kier molecular flexibility index (Phi) is 7.25. The zero-order chi connectivity index (χ0) is 20.6. The van der Waals surface area contributed by atoms with Crippen molar-refractivity contribution in [3.8, 4) is 5.75 Å². The average molecular weight is 396 g/mol. The molecule has 6 nitrogen and oxygen atoms in total. The van der Waals surface area contributed by atoms with Crippen LogP contribution in [0, 0.1) is 5.92 Å². The Balaban J connectivity index is 1.46. The fourth-order valence-corrected chi connectivity index (χ4v) is 3.63. The number of amides is 2. The predicted octanol–water partition coefficient (Wildman–Crippen LogP) is 3.05. The van der Waals surface area contributed by atoms with Crippen molar-refractivity contribution >= 4 is 17.5 Å². The summed E-state index contributed by atoms with van der Waals surface area (Å²) in [7, 11) is 1.59. The average Bonchev–Trinajstić information content (AvgIpc) is 2.78. The summed E-state index contributed by atoms with van der Waals surface area (Å²) in [5, 5.41) is 5.98. The third kappa shape index (κ3) is 5.57. The number of nitrogens with zero attached hydrogens (tertiary/aromatic N) is 1. The number of likely N-dealkylation sites (tertiary alicyclic amines) is 1. The Labute approximate surface area is 172 Å². The van der Waals surface area contributed by atoms with Crippen LogP contribution in [0.3, 0.4) is 0 Å². The molecule has 0 saturated carbocycles. The molecule has 0 aliphatic carbocycles. The molecule has 29 heavy (non-hydrogen) atoms. The molecule has 154 valence electrons. The minimum absolute atomic E-state index is 0.00957. The van der Waals surface area contributed by atoms with E-state index in [1.807, 2.05) is 61.5 Å². The fourth-order valence-electron chi connectivity index (χ4n) is 3.63. The highest BCUT2D eigenvalue weighted by atomic mass is 16.5. The summed E-state index contributed by atoms with van der Waals surface area (Å²) in [6.07, 6.45) is 1.47. The van der Waals surface area contributed by atoms with Crippen LogP contribution in [0.1, 0.15) is 25.3 Å². The van der Waals surface area contributed by atoms with Crippen molar-refractivity contribution in [1.82, 2.24) is 10.2 Å². The van der Waals surface area contributed by atoms with Crippen LogP contribution in [0.2, 0.25) is 0 Å². The van der Waals surface area contributed by atoms with Gasteiger partial charge in [0.05, 0.1) is 18.8 Å². The highest BCUT2D eigenvalue weighted by molar-refractivity contribution is 5.94. The number of piperidine rings is 1. The molecule has 0 bridgehead atoms. The number of anilines is 1. The van der Waals surface area contributed by atoms with Crippen LogP contribution in [0.15, 0.2) is 54.6 Å². The van der Waals surface area contributed by atoms with E-state index < -0.39 is 0 Å². The van der Waals surface area contributed by atoms with Gasteiger partial charge in [-0.15, -0.1) is 0 Å². The summed E-state index contributed by atoms with van der Waals surface area (Å²) < 4.78 is 5.30. The number of rotatable bonds is 7. The normalized spacial score (nSPS) is 16.1. The van der Waals surface area contributed by atoms with Crippen LogP contribution in [-0.4, -0.2) is 43.0 Å². The van der Waals surface area contributed by atoms with Gasteiger partial charge in [-0.05, 0) is 50.6 Å². The standard InChI is InChI=1S/C23H29N3O3/c1-17(22(27)24-16-18-8-4-3-5-9-18)26-14-12-19(13-15-26)23(28)25-20-10-6-7-11-21(20)29-2/h3-11,17,19H,12-16H2,1-2H3,(H,24,27)(H,25,28). The SMILES string of the molecule is COc1ccccc1NC(=O)C1CCN(C(C)C(=O)NCc2ccccc2)CC1. The Hall–Kier alpha value is -2.86. The molecule has 1 saturated heterocycles. The van der Waals surface area contributed by atoms with Gasteiger partial charge in [0, 0.05) is 12.5 Å². The minimum atomic E-state index is -0.211.